The number of aromatic amines is 1. The number of rotatable bonds is 4. The highest BCUT2D eigenvalue weighted by Gasteiger charge is 2.26. The first-order valence-corrected chi connectivity index (χ1v) is 10.9. The van der Waals surface area contributed by atoms with Crippen molar-refractivity contribution < 1.29 is 9.53 Å². The van der Waals surface area contributed by atoms with E-state index in [4.69, 9.17) is 4.74 Å². The van der Waals surface area contributed by atoms with Gasteiger partial charge in [-0.1, -0.05) is 34.1 Å². The Labute approximate surface area is 183 Å². The topological polar surface area (TPSA) is 54.1 Å². The van der Waals surface area contributed by atoms with Crippen LogP contribution in [0, 0.1) is 0 Å². The number of carbonyl (C=O) groups excluding carboxylic acids is 1. The van der Waals surface area contributed by atoms with E-state index >= 15 is 0 Å². The van der Waals surface area contributed by atoms with Gasteiger partial charge in [0.05, 0.1) is 6.04 Å². The Hall–Kier alpha value is -3.05. The lowest BCUT2D eigenvalue weighted by molar-refractivity contribution is 0.0932. The van der Waals surface area contributed by atoms with Crippen molar-refractivity contribution in [3.05, 3.63) is 94.1 Å². The van der Waals surface area contributed by atoms with Crippen LogP contribution in [0.25, 0.3) is 10.9 Å². The molecule has 4 aromatic rings. The molecule has 1 aromatic heterocycles. The summed E-state index contributed by atoms with van der Waals surface area (Å²) in [6.07, 6.45) is 3.02. The van der Waals surface area contributed by atoms with Gasteiger partial charge in [-0.15, -0.1) is 0 Å². The van der Waals surface area contributed by atoms with Crippen molar-refractivity contribution in [3.63, 3.8) is 0 Å². The predicted molar refractivity (Wildman–Crippen MR) is 122 cm³/mol. The molecule has 1 heterocycles. The van der Waals surface area contributed by atoms with E-state index in [1.807, 2.05) is 48.5 Å². The molecule has 1 amide bonds. The zero-order valence-corrected chi connectivity index (χ0v) is 17.9. The van der Waals surface area contributed by atoms with Crippen molar-refractivity contribution in [3.8, 4) is 11.5 Å². The van der Waals surface area contributed by atoms with Crippen LogP contribution in [0.5, 0.6) is 11.5 Å². The quantitative estimate of drug-likeness (QED) is 0.363. The highest BCUT2D eigenvalue weighted by molar-refractivity contribution is 9.10. The molecule has 1 atom stereocenters. The van der Waals surface area contributed by atoms with Crippen molar-refractivity contribution in [1.82, 2.24) is 10.3 Å². The van der Waals surface area contributed by atoms with Gasteiger partial charge in [0.2, 0.25) is 0 Å². The molecule has 0 radical (unpaired) electrons. The standard InChI is InChI=1S/C25H21BrN2O2/c26-17-11-14-22-21(15-17)20-7-4-8-23(24(20)27-22)28-25(29)16-9-12-19(13-10-16)30-18-5-2-1-3-6-18/h1-3,5-6,9-15,23,27H,4,7-8H2,(H,28,29). The van der Waals surface area contributed by atoms with E-state index in [1.165, 1.54) is 10.9 Å². The van der Waals surface area contributed by atoms with Gasteiger partial charge >= 0.3 is 0 Å². The maximum absolute atomic E-state index is 12.9. The van der Waals surface area contributed by atoms with E-state index in [0.29, 0.717) is 11.3 Å². The molecule has 3 aromatic carbocycles. The number of hydrogen-bond donors (Lipinski definition) is 2. The molecule has 1 unspecified atom stereocenters. The maximum atomic E-state index is 12.9. The zero-order valence-electron chi connectivity index (χ0n) is 16.3. The molecule has 150 valence electrons. The minimum absolute atomic E-state index is 0.00679. The van der Waals surface area contributed by atoms with Crippen LogP contribution >= 0.6 is 15.9 Å². The minimum Gasteiger partial charge on any atom is -0.457 e. The number of halogens is 1. The van der Waals surface area contributed by atoms with Crippen LogP contribution in [0.4, 0.5) is 0 Å². The first-order chi connectivity index (χ1) is 14.7. The second-order valence-electron chi connectivity index (χ2n) is 7.56. The largest absolute Gasteiger partial charge is 0.457 e. The van der Waals surface area contributed by atoms with E-state index in [9.17, 15) is 4.79 Å². The molecular formula is C25H21BrN2O2. The summed E-state index contributed by atoms with van der Waals surface area (Å²) in [5.74, 6) is 1.41. The van der Waals surface area contributed by atoms with Crippen molar-refractivity contribution in [1.29, 1.82) is 0 Å². The van der Waals surface area contributed by atoms with Gasteiger partial charge in [-0.3, -0.25) is 4.79 Å². The van der Waals surface area contributed by atoms with Gasteiger partial charge < -0.3 is 15.0 Å². The van der Waals surface area contributed by atoms with Crippen molar-refractivity contribution in [2.45, 2.75) is 25.3 Å². The number of carbonyl (C=O) groups is 1. The number of aromatic nitrogens is 1. The van der Waals surface area contributed by atoms with Crippen LogP contribution in [0.3, 0.4) is 0 Å². The van der Waals surface area contributed by atoms with E-state index in [0.717, 1.165) is 40.7 Å². The summed E-state index contributed by atoms with van der Waals surface area (Å²) in [6, 6.07) is 23.1. The zero-order chi connectivity index (χ0) is 20.5. The molecule has 5 heteroatoms. The Kier molecular flexibility index (Phi) is 5.05. The second kappa shape index (κ2) is 8.00. The summed E-state index contributed by atoms with van der Waals surface area (Å²) in [4.78, 5) is 16.4. The lowest BCUT2D eigenvalue weighted by Crippen LogP contribution is -2.31. The van der Waals surface area contributed by atoms with Gasteiger partial charge in [0.25, 0.3) is 5.91 Å². The number of nitrogens with one attached hydrogen (secondary N) is 2. The lowest BCUT2D eigenvalue weighted by Gasteiger charge is -2.24. The molecule has 0 aliphatic heterocycles. The fourth-order valence-corrected chi connectivity index (χ4v) is 4.48. The van der Waals surface area contributed by atoms with E-state index in [2.05, 4.69) is 38.4 Å². The number of fused-ring (bicyclic) bond motifs is 3. The van der Waals surface area contributed by atoms with E-state index in [-0.39, 0.29) is 11.9 Å². The Balaban J connectivity index is 1.33. The van der Waals surface area contributed by atoms with Crippen LogP contribution in [-0.2, 0) is 6.42 Å². The third kappa shape index (κ3) is 3.73. The number of hydrogen-bond acceptors (Lipinski definition) is 2. The first kappa shape index (κ1) is 18.9. The molecule has 0 spiro atoms. The van der Waals surface area contributed by atoms with Gasteiger partial charge in [0.15, 0.2) is 0 Å². The fourth-order valence-electron chi connectivity index (χ4n) is 4.12. The molecule has 4 nitrogen and oxygen atoms in total. The summed E-state index contributed by atoms with van der Waals surface area (Å²) >= 11 is 3.56. The molecule has 0 saturated carbocycles. The number of ether oxygens (including phenoxy) is 1. The second-order valence-corrected chi connectivity index (χ2v) is 8.48. The Morgan fingerprint density at radius 1 is 1.00 bits per heavy atom. The Bertz CT molecular complexity index is 1200. The monoisotopic (exact) mass is 460 g/mol. The number of amides is 1. The van der Waals surface area contributed by atoms with E-state index in [1.54, 1.807) is 12.1 Å². The number of benzene rings is 3. The van der Waals surface area contributed by atoms with Crippen LogP contribution in [0.1, 0.15) is 40.5 Å². The normalized spacial score (nSPS) is 15.6. The highest BCUT2D eigenvalue weighted by atomic mass is 79.9. The summed E-state index contributed by atoms with van der Waals surface area (Å²) in [7, 11) is 0. The molecule has 0 bridgehead atoms. The number of para-hydroxylation sites is 1. The molecule has 0 fully saturated rings. The molecule has 1 aliphatic rings. The van der Waals surface area contributed by atoms with Crippen LogP contribution in [0.2, 0.25) is 0 Å². The Morgan fingerprint density at radius 3 is 2.57 bits per heavy atom. The summed E-state index contributed by atoms with van der Waals surface area (Å²) in [5, 5.41) is 4.45. The van der Waals surface area contributed by atoms with Gasteiger partial charge in [-0.25, -0.2) is 0 Å². The molecular weight excluding hydrogens is 440 g/mol. The third-order valence-corrected chi connectivity index (χ3v) is 6.06. The first-order valence-electron chi connectivity index (χ1n) is 10.1. The number of aryl methyl sites for hydroxylation is 1. The fraction of sp³-hybridized carbons (Fsp3) is 0.160. The smallest absolute Gasteiger partial charge is 0.251 e. The molecule has 0 saturated heterocycles. The van der Waals surface area contributed by atoms with Crippen molar-refractivity contribution in [2.75, 3.05) is 0 Å². The summed E-state index contributed by atoms with van der Waals surface area (Å²) < 4.78 is 6.88. The minimum atomic E-state index is -0.0704. The van der Waals surface area contributed by atoms with Gasteiger partial charge in [-0.2, -0.15) is 0 Å². The molecule has 1 aliphatic carbocycles. The van der Waals surface area contributed by atoms with Crippen LogP contribution < -0.4 is 10.1 Å². The predicted octanol–water partition coefficient (Wildman–Crippen LogP) is 6.53. The lowest BCUT2D eigenvalue weighted by atomic mass is 9.91. The van der Waals surface area contributed by atoms with Crippen LogP contribution in [-0.4, -0.2) is 10.9 Å². The molecule has 5 rings (SSSR count). The molecule has 2 N–H and O–H groups in total. The summed E-state index contributed by atoms with van der Waals surface area (Å²) in [5.41, 5.74) is 4.19. The van der Waals surface area contributed by atoms with Crippen molar-refractivity contribution in [2.24, 2.45) is 0 Å². The summed E-state index contributed by atoms with van der Waals surface area (Å²) in [6.45, 7) is 0. The van der Waals surface area contributed by atoms with Crippen molar-refractivity contribution >= 4 is 32.7 Å². The molecule has 30 heavy (non-hydrogen) atoms. The SMILES string of the molecule is O=C(NC1CCCc2c1[nH]c1ccc(Br)cc21)c1ccc(Oc2ccccc2)cc1. The van der Waals surface area contributed by atoms with Gasteiger partial charge in [0, 0.05) is 26.6 Å². The van der Waals surface area contributed by atoms with E-state index < -0.39 is 0 Å². The maximum Gasteiger partial charge on any atom is 0.251 e. The van der Waals surface area contributed by atoms with Gasteiger partial charge in [0.1, 0.15) is 11.5 Å². The average Bonchev–Trinajstić information content (AvgIpc) is 3.14. The highest BCUT2D eigenvalue weighted by Crippen LogP contribution is 2.36. The Morgan fingerprint density at radius 2 is 1.77 bits per heavy atom. The third-order valence-electron chi connectivity index (χ3n) is 5.57. The van der Waals surface area contributed by atoms with Crippen LogP contribution in [0.15, 0.2) is 77.3 Å². The average molecular weight is 461 g/mol. The number of H-pyrrole nitrogens is 1. The van der Waals surface area contributed by atoms with Gasteiger partial charge in [-0.05, 0) is 79.4 Å².